The van der Waals surface area contributed by atoms with Crippen LogP contribution in [-0.4, -0.2) is 25.5 Å². The quantitative estimate of drug-likeness (QED) is 0.926. The molecule has 1 heterocycles. The molecule has 0 unspecified atom stereocenters. The number of aliphatic hydroxyl groups is 1. The van der Waals surface area contributed by atoms with Crippen molar-refractivity contribution in [2.24, 2.45) is 5.41 Å². The molecule has 23 heavy (non-hydrogen) atoms. The van der Waals surface area contributed by atoms with E-state index in [1.54, 1.807) is 11.0 Å². The van der Waals surface area contributed by atoms with Crippen molar-refractivity contribution < 1.29 is 5.11 Å². The van der Waals surface area contributed by atoms with Gasteiger partial charge in [0.25, 0.3) is 0 Å². The lowest BCUT2D eigenvalue weighted by molar-refractivity contribution is -0.0963. The maximum absolute atomic E-state index is 11.3. The van der Waals surface area contributed by atoms with E-state index in [2.05, 4.69) is 30.0 Å². The van der Waals surface area contributed by atoms with Gasteiger partial charge < -0.3 is 5.11 Å². The van der Waals surface area contributed by atoms with Crippen LogP contribution in [0.1, 0.15) is 38.7 Å². The van der Waals surface area contributed by atoms with Gasteiger partial charge in [0.15, 0.2) is 0 Å². The molecule has 0 spiro atoms. The van der Waals surface area contributed by atoms with Gasteiger partial charge in [0.1, 0.15) is 12.7 Å². The minimum atomic E-state index is -0.836. The summed E-state index contributed by atoms with van der Waals surface area (Å²) >= 11 is 5.94. The molecule has 0 amide bonds. The third-order valence-electron chi connectivity index (χ3n) is 4.98. The fourth-order valence-electron chi connectivity index (χ4n) is 3.18. The van der Waals surface area contributed by atoms with E-state index in [0.29, 0.717) is 13.0 Å². The summed E-state index contributed by atoms with van der Waals surface area (Å²) in [6.07, 6.45) is 7.90. The summed E-state index contributed by atoms with van der Waals surface area (Å²) < 4.78 is 1.72. The maximum atomic E-state index is 11.3. The Balaban J connectivity index is 1.84. The standard InChI is InChI=1S/C18H22ClN3O/c1-17(2)8-7-15(9-14-3-5-16(19)6-4-14)10-18(17,23)11-22-13-20-12-21-22/h3-6,9,12-13,23H,7-8,10-11H2,1-2H3/b15-9+/t18-/m0/s1. The molecule has 1 aliphatic carbocycles. The van der Waals surface area contributed by atoms with Gasteiger partial charge in [-0.2, -0.15) is 5.10 Å². The van der Waals surface area contributed by atoms with Crippen LogP contribution in [0.25, 0.3) is 6.08 Å². The Bertz CT molecular complexity index is 692. The Kier molecular flexibility index (Phi) is 4.30. The van der Waals surface area contributed by atoms with Crippen molar-refractivity contribution in [2.75, 3.05) is 0 Å². The topological polar surface area (TPSA) is 50.9 Å². The van der Waals surface area contributed by atoms with E-state index < -0.39 is 5.60 Å². The first-order valence-corrected chi connectivity index (χ1v) is 8.26. The summed E-state index contributed by atoms with van der Waals surface area (Å²) in [6.45, 7) is 4.71. The molecule has 0 radical (unpaired) electrons. The molecule has 5 heteroatoms. The fraction of sp³-hybridized carbons (Fsp3) is 0.444. The summed E-state index contributed by atoms with van der Waals surface area (Å²) in [4.78, 5) is 3.98. The van der Waals surface area contributed by atoms with E-state index in [1.807, 2.05) is 24.3 Å². The zero-order valence-corrected chi connectivity index (χ0v) is 14.3. The van der Waals surface area contributed by atoms with Gasteiger partial charge >= 0.3 is 0 Å². The molecule has 0 aliphatic heterocycles. The number of hydrogen-bond donors (Lipinski definition) is 1. The number of hydrogen-bond acceptors (Lipinski definition) is 3. The van der Waals surface area contributed by atoms with Gasteiger partial charge in [-0.05, 0) is 42.4 Å². The van der Waals surface area contributed by atoms with Crippen LogP contribution in [0.4, 0.5) is 0 Å². The van der Waals surface area contributed by atoms with Crippen LogP contribution in [0, 0.1) is 5.41 Å². The first kappa shape index (κ1) is 16.2. The van der Waals surface area contributed by atoms with Crippen molar-refractivity contribution in [1.29, 1.82) is 0 Å². The van der Waals surface area contributed by atoms with Crippen molar-refractivity contribution in [2.45, 2.75) is 45.3 Å². The lowest BCUT2D eigenvalue weighted by Crippen LogP contribution is -2.50. The van der Waals surface area contributed by atoms with Crippen molar-refractivity contribution in [1.82, 2.24) is 14.8 Å². The molecule has 1 aromatic heterocycles. The second-order valence-corrected chi connectivity index (χ2v) is 7.48. The molecule has 1 saturated carbocycles. The molecule has 1 fully saturated rings. The van der Waals surface area contributed by atoms with Crippen molar-refractivity contribution in [3.8, 4) is 0 Å². The highest BCUT2D eigenvalue weighted by Gasteiger charge is 2.47. The summed E-state index contributed by atoms with van der Waals surface area (Å²) in [5, 5.41) is 16.2. The Labute approximate surface area is 141 Å². The van der Waals surface area contributed by atoms with Gasteiger partial charge in [0.05, 0.1) is 12.1 Å². The van der Waals surface area contributed by atoms with Gasteiger partial charge in [-0.15, -0.1) is 0 Å². The van der Waals surface area contributed by atoms with Gasteiger partial charge in [-0.1, -0.05) is 49.2 Å². The fourth-order valence-corrected chi connectivity index (χ4v) is 3.31. The number of halogens is 1. The second kappa shape index (κ2) is 6.10. The summed E-state index contributed by atoms with van der Waals surface area (Å²) in [6, 6.07) is 7.79. The van der Waals surface area contributed by atoms with E-state index in [4.69, 9.17) is 11.6 Å². The van der Waals surface area contributed by atoms with Gasteiger partial charge in [0.2, 0.25) is 0 Å². The molecule has 1 atom stereocenters. The third kappa shape index (κ3) is 3.48. The van der Waals surface area contributed by atoms with Crippen LogP contribution in [0.2, 0.25) is 5.02 Å². The van der Waals surface area contributed by atoms with E-state index >= 15 is 0 Å². The normalized spacial score (nSPS) is 25.7. The van der Waals surface area contributed by atoms with Gasteiger partial charge in [-0.3, -0.25) is 4.68 Å². The van der Waals surface area contributed by atoms with Gasteiger partial charge in [0, 0.05) is 5.02 Å². The van der Waals surface area contributed by atoms with Crippen molar-refractivity contribution >= 4 is 17.7 Å². The lowest BCUT2D eigenvalue weighted by Gasteiger charge is -2.47. The van der Waals surface area contributed by atoms with Crippen LogP contribution in [0.15, 0.2) is 42.5 Å². The minimum Gasteiger partial charge on any atom is -0.387 e. The van der Waals surface area contributed by atoms with Crippen molar-refractivity contribution in [3.63, 3.8) is 0 Å². The van der Waals surface area contributed by atoms with Crippen LogP contribution in [0.3, 0.4) is 0 Å². The monoisotopic (exact) mass is 331 g/mol. The average molecular weight is 332 g/mol. The summed E-state index contributed by atoms with van der Waals surface area (Å²) in [7, 11) is 0. The molecule has 1 aliphatic rings. The third-order valence-corrected chi connectivity index (χ3v) is 5.23. The Morgan fingerprint density at radius 1 is 1.30 bits per heavy atom. The largest absolute Gasteiger partial charge is 0.387 e. The number of aromatic nitrogens is 3. The molecule has 1 N–H and O–H groups in total. The predicted molar refractivity (Wildman–Crippen MR) is 92.0 cm³/mol. The molecule has 1 aromatic carbocycles. The minimum absolute atomic E-state index is 0.170. The summed E-state index contributed by atoms with van der Waals surface area (Å²) in [5.74, 6) is 0. The molecule has 3 rings (SSSR count). The van der Waals surface area contributed by atoms with Crippen LogP contribution >= 0.6 is 11.6 Å². The molecule has 2 aromatic rings. The molecule has 122 valence electrons. The van der Waals surface area contributed by atoms with E-state index in [9.17, 15) is 5.11 Å². The van der Waals surface area contributed by atoms with E-state index in [0.717, 1.165) is 23.4 Å². The van der Waals surface area contributed by atoms with Crippen LogP contribution < -0.4 is 0 Å². The molecular formula is C18H22ClN3O. The SMILES string of the molecule is CC1(C)CC/C(=C\c2ccc(Cl)cc2)C[C@]1(O)Cn1cncn1. The van der Waals surface area contributed by atoms with E-state index in [-0.39, 0.29) is 5.41 Å². The number of rotatable bonds is 3. The highest BCUT2D eigenvalue weighted by atomic mass is 35.5. The molecule has 0 saturated heterocycles. The zero-order valence-electron chi connectivity index (χ0n) is 13.5. The average Bonchev–Trinajstić information content (AvgIpc) is 2.98. The first-order chi connectivity index (χ1) is 10.9. The highest BCUT2D eigenvalue weighted by molar-refractivity contribution is 6.30. The first-order valence-electron chi connectivity index (χ1n) is 7.88. The van der Waals surface area contributed by atoms with E-state index in [1.165, 1.54) is 11.9 Å². The Morgan fingerprint density at radius 3 is 2.70 bits per heavy atom. The van der Waals surface area contributed by atoms with Crippen LogP contribution in [0.5, 0.6) is 0 Å². The molecule has 4 nitrogen and oxygen atoms in total. The Morgan fingerprint density at radius 2 is 2.04 bits per heavy atom. The zero-order chi connectivity index (χ0) is 16.5. The molecular weight excluding hydrogens is 310 g/mol. The van der Waals surface area contributed by atoms with Crippen LogP contribution in [-0.2, 0) is 6.54 Å². The highest BCUT2D eigenvalue weighted by Crippen LogP contribution is 2.47. The van der Waals surface area contributed by atoms with Crippen molar-refractivity contribution in [3.05, 3.63) is 53.1 Å². The maximum Gasteiger partial charge on any atom is 0.137 e. The Hall–Kier alpha value is -1.65. The summed E-state index contributed by atoms with van der Waals surface area (Å²) in [5.41, 5.74) is 1.37. The lowest BCUT2D eigenvalue weighted by atomic mass is 9.63. The number of nitrogens with zero attached hydrogens (tertiary/aromatic N) is 3. The molecule has 0 bridgehead atoms. The van der Waals surface area contributed by atoms with Gasteiger partial charge in [-0.25, -0.2) is 4.98 Å². The second-order valence-electron chi connectivity index (χ2n) is 7.04. The smallest absolute Gasteiger partial charge is 0.137 e. The predicted octanol–water partition coefficient (Wildman–Crippen LogP) is 3.96. The number of benzene rings is 1.